The summed E-state index contributed by atoms with van der Waals surface area (Å²) in [5, 5.41) is 16.4. The Labute approximate surface area is 270 Å². The van der Waals surface area contributed by atoms with E-state index in [2.05, 4.69) is 90.4 Å². The number of hydrogen-bond acceptors (Lipinski definition) is 4. The average Bonchev–Trinajstić information content (AvgIpc) is 3.41. The molecule has 5 aromatic rings. The van der Waals surface area contributed by atoms with Crippen molar-refractivity contribution in [2.75, 3.05) is 13.2 Å². The Hall–Kier alpha value is -5.20. The van der Waals surface area contributed by atoms with Gasteiger partial charge >= 0.3 is 12.1 Å². The molecule has 232 valence electrons. The van der Waals surface area contributed by atoms with Gasteiger partial charge in [0.15, 0.2) is 0 Å². The SMILES string of the molecule is Cc1ccc(C(NCCC[C@H](NC(=O)OCC2c3ccccc3-c3ccccc32)C(=O)O)(c2ccccc2)c2ccccc2)cc1. The number of aryl methyl sites for hydroxylation is 1. The van der Waals surface area contributed by atoms with Gasteiger partial charge in [-0.05, 0) is 65.3 Å². The maximum absolute atomic E-state index is 12.9. The number of nitrogens with one attached hydrogen (secondary N) is 2. The summed E-state index contributed by atoms with van der Waals surface area (Å²) in [6.07, 6.45) is 0.0124. The van der Waals surface area contributed by atoms with Crippen LogP contribution in [0.5, 0.6) is 0 Å². The minimum absolute atomic E-state index is 0.100. The molecule has 1 aliphatic carbocycles. The lowest BCUT2D eigenvalue weighted by Gasteiger charge is -2.37. The first-order chi connectivity index (χ1) is 22.5. The summed E-state index contributed by atoms with van der Waals surface area (Å²) in [4.78, 5) is 25.1. The summed E-state index contributed by atoms with van der Waals surface area (Å²) in [5.74, 6) is -1.19. The second kappa shape index (κ2) is 13.8. The van der Waals surface area contributed by atoms with Crippen molar-refractivity contribution in [2.24, 2.45) is 0 Å². The normalized spacial score (nSPS) is 13.0. The first-order valence-electron chi connectivity index (χ1n) is 15.7. The second-order valence-electron chi connectivity index (χ2n) is 11.8. The fraction of sp³-hybridized carbons (Fsp3) is 0.200. The highest BCUT2D eigenvalue weighted by Gasteiger charge is 2.36. The summed E-state index contributed by atoms with van der Waals surface area (Å²) in [5.41, 5.74) is 8.23. The van der Waals surface area contributed by atoms with Crippen molar-refractivity contribution < 1.29 is 19.4 Å². The molecule has 1 amide bonds. The number of carboxylic acids is 1. The van der Waals surface area contributed by atoms with Crippen LogP contribution >= 0.6 is 0 Å². The molecule has 0 saturated carbocycles. The van der Waals surface area contributed by atoms with Crippen LogP contribution in [0.15, 0.2) is 133 Å². The predicted molar refractivity (Wildman–Crippen MR) is 181 cm³/mol. The molecule has 0 fully saturated rings. The first-order valence-corrected chi connectivity index (χ1v) is 15.7. The molecule has 1 atom stereocenters. The summed E-state index contributed by atoms with van der Waals surface area (Å²) in [6, 6.07) is 44.2. The molecule has 46 heavy (non-hydrogen) atoms. The van der Waals surface area contributed by atoms with Gasteiger partial charge in [-0.2, -0.15) is 0 Å². The van der Waals surface area contributed by atoms with Crippen LogP contribution in [-0.4, -0.2) is 36.4 Å². The van der Waals surface area contributed by atoms with Gasteiger partial charge in [0.25, 0.3) is 0 Å². The molecule has 6 rings (SSSR count). The molecule has 6 heteroatoms. The van der Waals surface area contributed by atoms with Crippen LogP contribution in [-0.2, 0) is 15.1 Å². The zero-order chi connectivity index (χ0) is 31.9. The lowest BCUT2D eigenvalue weighted by atomic mass is 9.76. The fourth-order valence-corrected chi connectivity index (χ4v) is 6.61. The van der Waals surface area contributed by atoms with Crippen molar-refractivity contribution in [2.45, 2.75) is 37.3 Å². The third-order valence-corrected chi connectivity index (χ3v) is 8.89. The van der Waals surface area contributed by atoms with Crippen molar-refractivity contribution in [3.05, 3.63) is 167 Å². The van der Waals surface area contributed by atoms with Gasteiger partial charge in [-0.15, -0.1) is 0 Å². The van der Waals surface area contributed by atoms with Crippen molar-refractivity contribution in [3.63, 3.8) is 0 Å². The van der Waals surface area contributed by atoms with Crippen molar-refractivity contribution in [3.8, 4) is 11.1 Å². The van der Waals surface area contributed by atoms with Gasteiger partial charge in [-0.1, -0.05) is 139 Å². The highest BCUT2D eigenvalue weighted by atomic mass is 16.5. The van der Waals surface area contributed by atoms with Crippen LogP contribution in [0.2, 0.25) is 0 Å². The average molecular weight is 611 g/mol. The van der Waals surface area contributed by atoms with E-state index in [1.54, 1.807) is 0 Å². The summed E-state index contributed by atoms with van der Waals surface area (Å²) in [7, 11) is 0. The van der Waals surface area contributed by atoms with E-state index >= 15 is 0 Å². The number of benzene rings is 5. The molecule has 0 aliphatic heterocycles. The first kappa shape index (κ1) is 30.8. The van der Waals surface area contributed by atoms with E-state index in [1.165, 1.54) is 5.56 Å². The lowest BCUT2D eigenvalue weighted by molar-refractivity contribution is -0.139. The van der Waals surface area contributed by atoms with E-state index < -0.39 is 23.6 Å². The van der Waals surface area contributed by atoms with Crippen LogP contribution < -0.4 is 10.6 Å². The Kier molecular flexibility index (Phi) is 9.27. The molecule has 3 N–H and O–H groups in total. The molecule has 0 heterocycles. The van der Waals surface area contributed by atoms with Gasteiger partial charge < -0.3 is 15.2 Å². The minimum atomic E-state index is -1.09. The van der Waals surface area contributed by atoms with Crippen LogP contribution in [0.3, 0.4) is 0 Å². The zero-order valence-electron chi connectivity index (χ0n) is 25.9. The van der Waals surface area contributed by atoms with Crippen LogP contribution in [0.25, 0.3) is 11.1 Å². The quantitative estimate of drug-likeness (QED) is 0.0998. The van der Waals surface area contributed by atoms with Crippen LogP contribution in [0.1, 0.15) is 52.1 Å². The van der Waals surface area contributed by atoms with E-state index in [4.69, 9.17) is 4.74 Å². The van der Waals surface area contributed by atoms with Crippen molar-refractivity contribution in [1.29, 1.82) is 0 Å². The second-order valence-corrected chi connectivity index (χ2v) is 11.8. The van der Waals surface area contributed by atoms with E-state index in [1.807, 2.05) is 60.7 Å². The maximum atomic E-state index is 12.9. The molecule has 0 bridgehead atoms. The van der Waals surface area contributed by atoms with E-state index in [-0.39, 0.29) is 18.9 Å². The number of fused-ring (bicyclic) bond motifs is 3. The standard InChI is InChI=1S/C40H38N2O4/c1-28-22-24-31(25-23-28)40(29-13-4-2-5-14-29,30-15-6-3-7-16-30)41-26-12-21-37(38(43)44)42-39(45)46-27-36-34-19-10-8-17-32(34)33-18-9-11-20-35(33)36/h2-11,13-20,22-25,36-37,41H,12,21,26-27H2,1H3,(H,42,45)(H,43,44)/t37-/m0/s1. The molecule has 0 unspecified atom stereocenters. The van der Waals surface area contributed by atoms with E-state index in [0.717, 1.165) is 38.9 Å². The summed E-state index contributed by atoms with van der Waals surface area (Å²) in [6.45, 7) is 2.70. The molecule has 0 saturated heterocycles. The largest absolute Gasteiger partial charge is 0.480 e. The molecular weight excluding hydrogens is 572 g/mol. The van der Waals surface area contributed by atoms with E-state index in [9.17, 15) is 14.7 Å². The topological polar surface area (TPSA) is 87.7 Å². The van der Waals surface area contributed by atoms with Gasteiger partial charge in [0.05, 0.1) is 5.54 Å². The number of carbonyl (C=O) groups is 2. The number of ether oxygens (including phenoxy) is 1. The molecule has 0 radical (unpaired) electrons. The third kappa shape index (κ3) is 6.30. The number of alkyl carbamates (subject to hydrolysis) is 1. The predicted octanol–water partition coefficient (Wildman–Crippen LogP) is 7.65. The number of aliphatic carboxylic acids is 1. The van der Waals surface area contributed by atoms with Crippen LogP contribution in [0, 0.1) is 6.92 Å². The number of carbonyl (C=O) groups excluding carboxylic acids is 1. The number of carboxylic acid groups (broad SMARTS) is 1. The molecule has 1 aliphatic rings. The number of hydrogen-bond donors (Lipinski definition) is 3. The molecule has 5 aromatic carbocycles. The Balaban J connectivity index is 1.13. The Morgan fingerprint density at radius 1 is 0.717 bits per heavy atom. The number of amides is 1. The molecular formula is C40H38N2O4. The van der Waals surface area contributed by atoms with Gasteiger partial charge in [-0.3, -0.25) is 5.32 Å². The monoisotopic (exact) mass is 610 g/mol. The van der Waals surface area contributed by atoms with Crippen molar-refractivity contribution in [1.82, 2.24) is 10.6 Å². The summed E-state index contributed by atoms with van der Waals surface area (Å²) >= 11 is 0. The van der Waals surface area contributed by atoms with Gasteiger partial charge in [0, 0.05) is 5.92 Å². The molecule has 6 nitrogen and oxygen atoms in total. The number of rotatable bonds is 12. The van der Waals surface area contributed by atoms with Crippen molar-refractivity contribution >= 4 is 12.1 Å². The highest BCUT2D eigenvalue weighted by Crippen LogP contribution is 2.44. The smallest absolute Gasteiger partial charge is 0.407 e. The fourth-order valence-electron chi connectivity index (χ4n) is 6.61. The Morgan fingerprint density at radius 2 is 1.22 bits per heavy atom. The molecule has 0 spiro atoms. The molecule has 0 aromatic heterocycles. The van der Waals surface area contributed by atoms with Crippen LogP contribution in [0.4, 0.5) is 4.79 Å². The summed E-state index contributed by atoms with van der Waals surface area (Å²) < 4.78 is 5.64. The van der Waals surface area contributed by atoms with Gasteiger partial charge in [0.1, 0.15) is 12.6 Å². The highest BCUT2D eigenvalue weighted by molar-refractivity contribution is 5.81. The minimum Gasteiger partial charge on any atom is -0.480 e. The third-order valence-electron chi connectivity index (χ3n) is 8.89. The Morgan fingerprint density at radius 3 is 1.76 bits per heavy atom. The maximum Gasteiger partial charge on any atom is 0.407 e. The zero-order valence-corrected chi connectivity index (χ0v) is 25.9. The van der Waals surface area contributed by atoms with E-state index in [0.29, 0.717) is 13.0 Å². The van der Waals surface area contributed by atoms with Gasteiger partial charge in [-0.25, -0.2) is 9.59 Å². The van der Waals surface area contributed by atoms with Gasteiger partial charge in [0.2, 0.25) is 0 Å². The Bertz CT molecular complexity index is 1700. The lowest BCUT2D eigenvalue weighted by Crippen LogP contribution is -2.46.